The summed E-state index contributed by atoms with van der Waals surface area (Å²) in [5.74, 6) is 0.590. The Kier molecular flexibility index (Phi) is 7.33. The Morgan fingerprint density at radius 3 is 2.76 bits per heavy atom. The number of aromatic nitrogens is 3. The Labute approximate surface area is 196 Å². The summed E-state index contributed by atoms with van der Waals surface area (Å²) >= 11 is 0. The van der Waals surface area contributed by atoms with Crippen LogP contribution in [0, 0.1) is 5.82 Å². The van der Waals surface area contributed by atoms with Crippen LogP contribution in [0.3, 0.4) is 0 Å². The lowest BCUT2D eigenvalue weighted by Gasteiger charge is -2.29. The number of amides is 1. The molecule has 0 aliphatic carbocycles. The summed E-state index contributed by atoms with van der Waals surface area (Å²) in [5.41, 5.74) is 1.80. The van der Waals surface area contributed by atoms with E-state index in [1.165, 1.54) is 0 Å². The van der Waals surface area contributed by atoms with E-state index in [9.17, 15) is 9.18 Å². The molecule has 178 valence electrons. The van der Waals surface area contributed by atoms with Gasteiger partial charge in [0.25, 0.3) is 0 Å². The van der Waals surface area contributed by atoms with Crippen LogP contribution in [-0.4, -0.2) is 54.3 Å². The van der Waals surface area contributed by atoms with Crippen molar-refractivity contribution in [3.8, 4) is 11.6 Å². The van der Waals surface area contributed by atoms with Crippen molar-refractivity contribution in [3.63, 3.8) is 0 Å². The number of hydrogen-bond donors (Lipinski definition) is 2. The van der Waals surface area contributed by atoms with Gasteiger partial charge in [-0.25, -0.2) is 14.4 Å². The number of ether oxygens (including phenoxy) is 3. The quantitative estimate of drug-likeness (QED) is 0.455. The monoisotopic (exact) mass is 468 g/mol. The van der Waals surface area contributed by atoms with Crippen LogP contribution in [0.1, 0.15) is 13.3 Å². The van der Waals surface area contributed by atoms with Crippen molar-refractivity contribution in [1.82, 2.24) is 15.0 Å². The number of rotatable bonds is 9. The maximum Gasteiger partial charge on any atom is 0.229 e. The van der Waals surface area contributed by atoms with Crippen molar-refractivity contribution in [1.29, 1.82) is 0 Å². The smallest absolute Gasteiger partial charge is 0.229 e. The predicted molar refractivity (Wildman–Crippen MR) is 125 cm³/mol. The molecule has 0 spiro atoms. The van der Waals surface area contributed by atoms with Crippen LogP contribution in [0.5, 0.6) is 11.6 Å². The zero-order chi connectivity index (χ0) is 23.9. The molecule has 0 bridgehead atoms. The minimum atomic E-state index is -0.624. The lowest BCUT2D eigenvalue weighted by molar-refractivity contribution is -0.118. The molecular formula is C23H25FN6O4. The molecule has 10 nitrogen and oxygen atoms in total. The molecule has 3 aromatic rings. The molecular weight excluding hydrogens is 443 g/mol. The van der Waals surface area contributed by atoms with E-state index in [1.807, 2.05) is 6.92 Å². The molecule has 1 aliphatic heterocycles. The highest BCUT2D eigenvalue weighted by Gasteiger charge is 2.23. The Morgan fingerprint density at radius 1 is 1.15 bits per heavy atom. The molecule has 4 rings (SSSR count). The average Bonchev–Trinajstić information content (AvgIpc) is 2.86. The molecule has 0 fully saturated rings. The predicted octanol–water partition coefficient (Wildman–Crippen LogP) is 3.66. The van der Waals surface area contributed by atoms with E-state index in [0.717, 1.165) is 6.20 Å². The number of hydrogen-bond acceptors (Lipinski definition) is 9. The minimum absolute atomic E-state index is 0.00914. The standard InChI is InChI=1S/C23H25FN6O4/c1-3-21(31)30-8-9-33-19-6-4-15(12-18(19)30)27-22-17(24)14-26-23(29-22)28-16-5-7-20(25-13-16)34-11-10-32-2/h4-7,12-14H,3,8-11H2,1-2H3,(H2,26,27,28,29). The van der Waals surface area contributed by atoms with Gasteiger partial charge in [0, 0.05) is 25.3 Å². The lowest BCUT2D eigenvalue weighted by atomic mass is 10.2. The molecule has 1 aromatic carbocycles. The van der Waals surface area contributed by atoms with Gasteiger partial charge in [0.15, 0.2) is 11.6 Å². The zero-order valence-corrected chi connectivity index (χ0v) is 18.9. The third-order valence-electron chi connectivity index (χ3n) is 4.96. The summed E-state index contributed by atoms with van der Waals surface area (Å²) in [7, 11) is 1.59. The summed E-state index contributed by atoms with van der Waals surface area (Å²) < 4.78 is 30.5. The van der Waals surface area contributed by atoms with E-state index in [1.54, 1.807) is 48.5 Å². The van der Waals surface area contributed by atoms with E-state index in [4.69, 9.17) is 14.2 Å². The van der Waals surface area contributed by atoms with Crippen molar-refractivity contribution in [2.24, 2.45) is 0 Å². The maximum absolute atomic E-state index is 14.4. The van der Waals surface area contributed by atoms with Gasteiger partial charge in [-0.3, -0.25) is 4.79 Å². The third kappa shape index (κ3) is 5.49. The van der Waals surface area contributed by atoms with Gasteiger partial charge in [-0.15, -0.1) is 0 Å². The topological polar surface area (TPSA) is 111 Å². The number of halogens is 1. The molecule has 1 aliphatic rings. The van der Waals surface area contributed by atoms with Crippen LogP contribution < -0.4 is 25.0 Å². The van der Waals surface area contributed by atoms with E-state index in [-0.39, 0.29) is 17.7 Å². The molecule has 2 aromatic heterocycles. The van der Waals surface area contributed by atoms with Crippen LogP contribution >= 0.6 is 0 Å². The number of pyridine rings is 1. The number of anilines is 5. The molecule has 2 N–H and O–H groups in total. The van der Waals surface area contributed by atoms with Crippen LogP contribution in [0.2, 0.25) is 0 Å². The van der Waals surface area contributed by atoms with Crippen molar-refractivity contribution >= 4 is 34.7 Å². The number of fused-ring (bicyclic) bond motifs is 1. The van der Waals surface area contributed by atoms with Gasteiger partial charge in [-0.1, -0.05) is 6.92 Å². The van der Waals surface area contributed by atoms with Gasteiger partial charge < -0.3 is 29.7 Å². The normalized spacial score (nSPS) is 12.5. The maximum atomic E-state index is 14.4. The Morgan fingerprint density at radius 2 is 2.00 bits per heavy atom. The van der Waals surface area contributed by atoms with Crippen LogP contribution in [-0.2, 0) is 9.53 Å². The van der Waals surface area contributed by atoms with Gasteiger partial charge >= 0.3 is 0 Å². The first kappa shape index (κ1) is 23.2. The molecule has 3 heterocycles. The fourth-order valence-electron chi connectivity index (χ4n) is 3.30. The number of nitrogens with one attached hydrogen (secondary N) is 2. The first-order chi connectivity index (χ1) is 16.6. The molecule has 11 heteroatoms. The Hall–Kier alpha value is -3.99. The second-order valence-corrected chi connectivity index (χ2v) is 7.30. The van der Waals surface area contributed by atoms with Crippen LogP contribution in [0.15, 0.2) is 42.7 Å². The van der Waals surface area contributed by atoms with Gasteiger partial charge in [0.2, 0.25) is 17.7 Å². The molecule has 0 saturated carbocycles. The number of methoxy groups -OCH3 is 1. The third-order valence-corrected chi connectivity index (χ3v) is 4.96. The summed E-state index contributed by atoms with van der Waals surface area (Å²) in [4.78, 5) is 26.4. The second-order valence-electron chi connectivity index (χ2n) is 7.30. The Bertz CT molecular complexity index is 1140. The fourth-order valence-corrected chi connectivity index (χ4v) is 3.30. The average molecular weight is 468 g/mol. The van der Waals surface area contributed by atoms with Gasteiger partial charge in [0.05, 0.1) is 36.9 Å². The molecule has 0 unspecified atom stereocenters. The summed E-state index contributed by atoms with van der Waals surface area (Å²) in [5, 5.41) is 5.94. The van der Waals surface area contributed by atoms with E-state index in [0.29, 0.717) is 61.5 Å². The SMILES string of the molecule is CCC(=O)N1CCOc2ccc(Nc3nc(Nc4ccc(OCCOC)nc4)ncc3F)cc21. The highest BCUT2D eigenvalue weighted by atomic mass is 19.1. The Balaban J connectivity index is 1.48. The number of benzene rings is 1. The van der Waals surface area contributed by atoms with Gasteiger partial charge in [-0.2, -0.15) is 4.98 Å². The second kappa shape index (κ2) is 10.8. The number of nitrogens with zero attached hydrogens (tertiary/aromatic N) is 4. The number of carbonyl (C=O) groups excluding carboxylic acids is 1. The van der Waals surface area contributed by atoms with E-state index >= 15 is 0 Å². The molecule has 1 amide bonds. The lowest BCUT2D eigenvalue weighted by Crippen LogP contribution is -2.37. The van der Waals surface area contributed by atoms with E-state index in [2.05, 4.69) is 25.6 Å². The molecule has 0 saturated heterocycles. The van der Waals surface area contributed by atoms with Crippen molar-refractivity contribution in [2.45, 2.75) is 13.3 Å². The largest absolute Gasteiger partial charge is 0.490 e. The van der Waals surface area contributed by atoms with E-state index < -0.39 is 5.82 Å². The van der Waals surface area contributed by atoms with Crippen molar-refractivity contribution in [3.05, 3.63) is 48.5 Å². The first-order valence-corrected chi connectivity index (χ1v) is 10.8. The van der Waals surface area contributed by atoms with Crippen molar-refractivity contribution < 1.29 is 23.4 Å². The highest BCUT2D eigenvalue weighted by molar-refractivity contribution is 5.95. The van der Waals surface area contributed by atoms with Crippen LogP contribution in [0.4, 0.5) is 33.2 Å². The van der Waals surface area contributed by atoms with Crippen LogP contribution in [0.25, 0.3) is 0 Å². The zero-order valence-electron chi connectivity index (χ0n) is 18.9. The highest BCUT2D eigenvalue weighted by Crippen LogP contribution is 2.35. The molecule has 0 atom stereocenters. The van der Waals surface area contributed by atoms with Crippen molar-refractivity contribution in [2.75, 3.05) is 49.0 Å². The summed E-state index contributed by atoms with van der Waals surface area (Å²) in [6.45, 7) is 3.55. The number of carbonyl (C=O) groups is 1. The van der Waals surface area contributed by atoms with Gasteiger partial charge in [-0.05, 0) is 24.3 Å². The molecule has 0 radical (unpaired) electrons. The fraction of sp³-hybridized carbons (Fsp3) is 0.304. The molecule has 34 heavy (non-hydrogen) atoms. The summed E-state index contributed by atoms with van der Waals surface area (Å²) in [6.07, 6.45) is 3.01. The first-order valence-electron chi connectivity index (χ1n) is 10.8. The minimum Gasteiger partial charge on any atom is -0.490 e. The summed E-state index contributed by atoms with van der Waals surface area (Å²) in [6, 6.07) is 8.66. The van der Waals surface area contributed by atoms with Gasteiger partial charge in [0.1, 0.15) is 19.0 Å².